The Balaban J connectivity index is 1.40. The first-order valence-electron chi connectivity index (χ1n) is 9.10. The smallest absolute Gasteiger partial charge is 0.211 e. The molecule has 1 saturated heterocycles. The van der Waals surface area contributed by atoms with Crippen LogP contribution in [0.5, 0.6) is 0 Å². The molecule has 0 spiro atoms. The summed E-state index contributed by atoms with van der Waals surface area (Å²) in [4.78, 5) is 0. The zero-order valence-electron chi connectivity index (χ0n) is 15.5. The predicted molar refractivity (Wildman–Crippen MR) is 109 cm³/mol. The minimum absolute atomic E-state index is 0.0900. The van der Waals surface area contributed by atoms with Gasteiger partial charge in [-0.3, -0.25) is 4.68 Å². The fourth-order valence-corrected chi connectivity index (χ4v) is 5.08. The SMILES string of the molecule is CS(=O)(=O)N1CCCC(c2nnc(Nc3ccn(Cc4ccccc4)n3)s2)C1. The van der Waals surface area contributed by atoms with Crippen molar-refractivity contribution in [3.63, 3.8) is 0 Å². The van der Waals surface area contributed by atoms with Gasteiger partial charge in [0, 0.05) is 31.3 Å². The lowest BCUT2D eigenvalue weighted by molar-refractivity contribution is 0.316. The number of sulfonamides is 1. The molecule has 1 fully saturated rings. The van der Waals surface area contributed by atoms with E-state index in [1.165, 1.54) is 27.5 Å². The van der Waals surface area contributed by atoms with Crippen molar-refractivity contribution in [3.05, 3.63) is 53.2 Å². The quantitative estimate of drug-likeness (QED) is 0.662. The molecule has 1 unspecified atom stereocenters. The highest BCUT2D eigenvalue weighted by atomic mass is 32.2. The first kappa shape index (κ1) is 19.0. The molecule has 10 heteroatoms. The standard InChI is InChI=1S/C18H22N6O2S2/c1-28(25,26)24-10-5-8-15(13-24)17-20-21-18(27-17)19-16-9-11-23(22-16)12-14-6-3-2-4-7-14/h2-4,6-7,9,11,15H,5,8,10,12-13H2,1H3,(H,19,21,22). The summed E-state index contributed by atoms with van der Waals surface area (Å²) in [6, 6.07) is 12.0. The molecular weight excluding hydrogens is 396 g/mol. The van der Waals surface area contributed by atoms with Crippen molar-refractivity contribution in [2.75, 3.05) is 24.7 Å². The fourth-order valence-electron chi connectivity index (χ4n) is 3.29. The van der Waals surface area contributed by atoms with Gasteiger partial charge in [0.1, 0.15) is 5.01 Å². The van der Waals surface area contributed by atoms with Crippen LogP contribution in [0.25, 0.3) is 0 Å². The molecule has 1 N–H and O–H groups in total. The summed E-state index contributed by atoms with van der Waals surface area (Å²) in [7, 11) is -3.17. The van der Waals surface area contributed by atoms with E-state index in [4.69, 9.17) is 0 Å². The summed E-state index contributed by atoms with van der Waals surface area (Å²) in [5.74, 6) is 0.798. The van der Waals surface area contributed by atoms with Crippen LogP contribution in [-0.4, -0.2) is 52.0 Å². The number of nitrogens with one attached hydrogen (secondary N) is 1. The highest BCUT2D eigenvalue weighted by Gasteiger charge is 2.29. The second-order valence-corrected chi connectivity index (χ2v) is 9.91. The third-order valence-corrected chi connectivity index (χ3v) is 6.98. The molecule has 3 heterocycles. The third kappa shape index (κ3) is 4.57. The monoisotopic (exact) mass is 418 g/mol. The molecule has 1 aliphatic rings. The molecule has 8 nitrogen and oxygen atoms in total. The Kier molecular flexibility index (Phi) is 5.42. The van der Waals surface area contributed by atoms with Crippen LogP contribution in [0.3, 0.4) is 0 Å². The molecular formula is C18H22N6O2S2. The Labute approximate surface area is 168 Å². The van der Waals surface area contributed by atoms with E-state index in [1.54, 1.807) is 0 Å². The maximum absolute atomic E-state index is 11.8. The van der Waals surface area contributed by atoms with Crippen LogP contribution < -0.4 is 5.32 Å². The Morgan fingerprint density at radius 2 is 2.04 bits per heavy atom. The van der Waals surface area contributed by atoms with Crippen LogP contribution in [-0.2, 0) is 16.6 Å². The Morgan fingerprint density at radius 3 is 2.82 bits per heavy atom. The number of piperidine rings is 1. The highest BCUT2D eigenvalue weighted by molar-refractivity contribution is 7.88. The van der Waals surface area contributed by atoms with Crippen LogP contribution in [0.2, 0.25) is 0 Å². The van der Waals surface area contributed by atoms with E-state index in [0.29, 0.717) is 30.6 Å². The predicted octanol–water partition coefficient (Wildman–Crippen LogP) is 2.67. The molecule has 0 radical (unpaired) electrons. The molecule has 1 aromatic carbocycles. The zero-order valence-corrected chi connectivity index (χ0v) is 17.2. The van der Waals surface area contributed by atoms with E-state index < -0.39 is 10.0 Å². The van der Waals surface area contributed by atoms with Gasteiger partial charge in [-0.25, -0.2) is 12.7 Å². The second-order valence-electron chi connectivity index (χ2n) is 6.91. The number of nitrogens with zero attached hydrogens (tertiary/aromatic N) is 5. The minimum Gasteiger partial charge on any atom is -0.313 e. The van der Waals surface area contributed by atoms with Crippen molar-refractivity contribution in [1.29, 1.82) is 0 Å². The largest absolute Gasteiger partial charge is 0.313 e. The number of anilines is 2. The second kappa shape index (κ2) is 7.98. The van der Waals surface area contributed by atoms with Crippen LogP contribution in [0.4, 0.5) is 10.9 Å². The van der Waals surface area contributed by atoms with Crippen LogP contribution in [0.15, 0.2) is 42.6 Å². The van der Waals surface area contributed by atoms with E-state index in [1.807, 2.05) is 35.1 Å². The zero-order chi connectivity index (χ0) is 19.6. The van der Waals surface area contributed by atoms with E-state index in [-0.39, 0.29) is 5.92 Å². The summed E-state index contributed by atoms with van der Waals surface area (Å²) in [5, 5.41) is 17.7. The number of aromatic nitrogens is 4. The first-order chi connectivity index (χ1) is 13.5. The van der Waals surface area contributed by atoms with Gasteiger partial charge in [0.25, 0.3) is 0 Å². The van der Waals surface area contributed by atoms with Crippen molar-refractivity contribution in [1.82, 2.24) is 24.3 Å². The topological polar surface area (TPSA) is 93.0 Å². The summed E-state index contributed by atoms with van der Waals surface area (Å²) in [6.07, 6.45) is 4.94. The molecule has 4 rings (SSSR count). The summed E-state index contributed by atoms with van der Waals surface area (Å²) >= 11 is 1.46. The molecule has 0 aliphatic carbocycles. The van der Waals surface area contributed by atoms with Crippen LogP contribution in [0.1, 0.15) is 29.3 Å². The van der Waals surface area contributed by atoms with Gasteiger partial charge < -0.3 is 5.32 Å². The van der Waals surface area contributed by atoms with Gasteiger partial charge in [0.2, 0.25) is 15.2 Å². The molecule has 0 amide bonds. The summed E-state index contributed by atoms with van der Waals surface area (Å²) < 4.78 is 27.0. The Morgan fingerprint density at radius 1 is 1.21 bits per heavy atom. The number of rotatable bonds is 6. The highest BCUT2D eigenvalue weighted by Crippen LogP contribution is 2.32. The molecule has 28 heavy (non-hydrogen) atoms. The number of hydrogen-bond acceptors (Lipinski definition) is 7. The number of benzene rings is 1. The van der Waals surface area contributed by atoms with E-state index >= 15 is 0 Å². The molecule has 148 valence electrons. The van der Waals surface area contributed by atoms with Crippen molar-refractivity contribution in [2.24, 2.45) is 0 Å². The molecule has 3 aromatic rings. The maximum atomic E-state index is 11.8. The van der Waals surface area contributed by atoms with E-state index in [9.17, 15) is 8.42 Å². The lowest BCUT2D eigenvalue weighted by Gasteiger charge is -2.29. The van der Waals surface area contributed by atoms with Gasteiger partial charge in [-0.15, -0.1) is 10.2 Å². The van der Waals surface area contributed by atoms with Crippen LogP contribution >= 0.6 is 11.3 Å². The van der Waals surface area contributed by atoms with Gasteiger partial charge >= 0.3 is 0 Å². The van der Waals surface area contributed by atoms with Gasteiger partial charge in [-0.1, -0.05) is 41.7 Å². The van der Waals surface area contributed by atoms with Crippen molar-refractivity contribution in [2.45, 2.75) is 25.3 Å². The average Bonchev–Trinajstić information content (AvgIpc) is 3.32. The summed E-state index contributed by atoms with van der Waals surface area (Å²) in [5.41, 5.74) is 1.18. The van der Waals surface area contributed by atoms with Crippen molar-refractivity contribution >= 4 is 32.3 Å². The molecule has 0 bridgehead atoms. The Bertz CT molecular complexity index is 1030. The number of hydrogen-bond donors (Lipinski definition) is 1. The molecule has 1 atom stereocenters. The average molecular weight is 419 g/mol. The van der Waals surface area contributed by atoms with Crippen molar-refractivity contribution < 1.29 is 8.42 Å². The minimum atomic E-state index is -3.17. The Hall–Kier alpha value is -2.30. The summed E-state index contributed by atoms with van der Waals surface area (Å²) in [6.45, 7) is 1.75. The van der Waals surface area contributed by atoms with Crippen LogP contribution in [0, 0.1) is 0 Å². The van der Waals surface area contributed by atoms with E-state index in [2.05, 4.69) is 32.7 Å². The first-order valence-corrected chi connectivity index (χ1v) is 11.8. The van der Waals surface area contributed by atoms with Gasteiger partial charge in [-0.05, 0) is 18.4 Å². The molecule has 2 aromatic heterocycles. The van der Waals surface area contributed by atoms with Gasteiger partial charge in [0.05, 0.1) is 12.8 Å². The maximum Gasteiger partial charge on any atom is 0.211 e. The molecule has 1 aliphatic heterocycles. The third-order valence-electron chi connectivity index (χ3n) is 4.71. The molecule has 0 saturated carbocycles. The van der Waals surface area contributed by atoms with Gasteiger partial charge in [-0.2, -0.15) is 5.10 Å². The van der Waals surface area contributed by atoms with E-state index in [0.717, 1.165) is 17.8 Å². The lowest BCUT2D eigenvalue weighted by Crippen LogP contribution is -2.38. The van der Waals surface area contributed by atoms with Crippen molar-refractivity contribution in [3.8, 4) is 0 Å². The van der Waals surface area contributed by atoms with Gasteiger partial charge in [0.15, 0.2) is 5.82 Å². The fraction of sp³-hybridized carbons (Fsp3) is 0.389. The lowest BCUT2D eigenvalue weighted by atomic mass is 10.0. The normalized spacial score (nSPS) is 18.2.